The molecule has 1 amide bonds. The van der Waals surface area contributed by atoms with Crippen LogP contribution in [0.1, 0.15) is 34.3 Å². The van der Waals surface area contributed by atoms with E-state index in [1.165, 1.54) is 11.1 Å². The molecule has 1 aromatic heterocycles. The van der Waals surface area contributed by atoms with Crippen molar-refractivity contribution in [2.24, 2.45) is 0 Å². The van der Waals surface area contributed by atoms with Crippen LogP contribution in [-0.4, -0.2) is 68.9 Å². The van der Waals surface area contributed by atoms with Crippen LogP contribution >= 0.6 is 0 Å². The first kappa shape index (κ1) is 20.3. The highest BCUT2D eigenvalue weighted by Gasteiger charge is 2.43. The first-order chi connectivity index (χ1) is 15.2. The van der Waals surface area contributed by atoms with Crippen molar-refractivity contribution >= 4 is 11.7 Å². The second kappa shape index (κ2) is 8.48. The molecule has 0 aliphatic carbocycles. The predicted octanol–water partition coefficient (Wildman–Crippen LogP) is 2.63. The third-order valence-corrected chi connectivity index (χ3v) is 6.72. The van der Waals surface area contributed by atoms with E-state index < -0.39 is 0 Å². The van der Waals surface area contributed by atoms with Gasteiger partial charge in [0.05, 0.1) is 26.9 Å². The quantitative estimate of drug-likeness (QED) is 0.756. The highest BCUT2D eigenvalue weighted by molar-refractivity contribution is 5.95. The van der Waals surface area contributed by atoms with Gasteiger partial charge in [-0.15, -0.1) is 0 Å². The number of hydrogen-bond acceptors (Lipinski definition) is 6. The second-order valence-corrected chi connectivity index (χ2v) is 8.38. The van der Waals surface area contributed by atoms with Crippen molar-refractivity contribution in [2.75, 3.05) is 58.0 Å². The number of anilines is 1. The summed E-state index contributed by atoms with van der Waals surface area (Å²) in [5.74, 6) is 1.82. The zero-order valence-corrected chi connectivity index (χ0v) is 18.0. The monoisotopic (exact) mass is 423 g/mol. The fourth-order valence-corrected chi connectivity index (χ4v) is 5.07. The van der Waals surface area contributed by atoms with Crippen molar-refractivity contribution in [2.45, 2.75) is 24.9 Å². The Hall–Kier alpha value is -2.64. The van der Waals surface area contributed by atoms with Crippen LogP contribution in [0.3, 0.4) is 0 Å². The number of morpholine rings is 1. The topological polar surface area (TPSA) is 64.1 Å². The molecule has 1 aromatic carbocycles. The Bertz CT molecular complexity index is 935. The van der Waals surface area contributed by atoms with E-state index in [1.54, 1.807) is 19.4 Å². The number of aromatic nitrogens is 1. The Kier molecular flexibility index (Phi) is 5.54. The van der Waals surface area contributed by atoms with E-state index in [4.69, 9.17) is 14.2 Å². The highest BCUT2D eigenvalue weighted by atomic mass is 16.5. The molecule has 31 heavy (non-hydrogen) atoms. The number of carbonyl (C=O) groups excluding carboxylic acids is 1. The van der Waals surface area contributed by atoms with Crippen LogP contribution in [0, 0.1) is 0 Å². The number of ether oxygens (including phenoxy) is 3. The number of amides is 1. The van der Waals surface area contributed by atoms with E-state index in [0.717, 1.165) is 50.5 Å². The molecule has 4 heterocycles. The van der Waals surface area contributed by atoms with E-state index in [-0.39, 0.29) is 11.5 Å². The fourth-order valence-electron chi connectivity index (χ4n) is 5.07. The van der Waals surface area contributed by atoms with Crippen LogP contribution in [-0.2, 0) is 21.5 Å². The van der Waals surface area contributed by atoms with Gasteiger partial charge in [-0.3, -0.25) is 4.79 Å². The van der Waals surface area contributed by atoms with E-state index in [0.29, 0.717) is 31.9 Å². The molecule has 2 saturated heterocycles. The summed E-state index contributed by atoms with van der Waals surface area (Å²) in [6.07, 6.45) is 4.39. The number of piperidine rings is 1. The van der Waals surface area contributed by atoms with E-state index in [9.17, 15) is 4.79 Å². The minimum atomic E-state index is -0.308. The Morgan fingerprint density at radius 3 is 2.68 bits per heavy atom. The largest absolute Gasteiger partial charge is 0.496 e. The zero-order valence-electron chi connectivity index (χ0n) is 18.0. The summed E-state index contributed by atoms with van der Waals surface area (Å²) in [5, 5.41) is 0. The van der Waals surface area contributed by atoms with Gasteiger partial charge in [-0.1, -0.05) is 12.1 Å². The molecule has 3 aliphatic heterocycles. The molecular formula is C24H29N3O4. The molecule has 2 fully saturated rings. The Labute approximate surface area is 182 Å². The Morgan fingerprint density at radius 1 is 1.10 bits per heavy atom. The smallest absolute Gasteiger partial charge is 0.254 e. The van der Waals surface area contributed by atoms with Gasteiger partial charge in [0, 0.05) is 43.5 Å². The predicted molar refractivity (Wildman–Crippen MR) is 117 cm³/mol. The maximum Gasteiger partial charge on any atom is 0.254 e. The molecule has 164 valence electrons. The van der Waals surface area contributed by atoms with Gasteiger partial charge in [0.15, 0.2) is 0 Å². The Morgan fingerprint density at radius 2 is 1.90 bits per heavy atom. The average Bonchev–Trinajstić information content (AvgIpc) is 2.84. The summed E-state index contributed by atoms with van der Waals surface area (Å²) in [5.41, 5.74) is 2.92. The van der Waals surface area contributed by atoms with Crippen LogP contribution < -0.4 is 9.64 Å². The normalized spacial score (nSPS) is 20.4. The van der Waals surface area contributed by atoms with Gasteiger partial charge in [-0.25, -0.2) is 4.98 Å². The van der Waals surface area contributed by atoms with Gasteiger partial charge in [0.2, 0.25) is 0 Å². The zero-order chi connectivity index (χ0) is 21.3. The van der Waals surface area contributed by atoms with Gasteiger partial charge >= 0.3 is 0 Å². The maximum atomic E-state index is 12.9. The van der Waals surface area contributed by atoms with Crippen molar-refractivity contribution in [3.05, 3.63) is 53.2 Å². The summed E-state index contributed by atoms with van der Waals surface area (Å²) in [6, 6.07) is 10.0. The first-order valence-electron chi connectivity index (χ1n) is 11.1. The number of carbonyl (C=O) groups is 1. The molecule has 3 aliphatic rings. The number of rotatable bonds is 3. The van der Waals surface area contributed by atoms with Crippen LogP contribution in [0.4, 0.5) is 5.82 Å². The van der Waals surface area contributed by atoms with E-state index in [2.05, 4.69) is 22.0 Å². The van der Waals surface area contributed by atoms with E-state index in [1.807, 2.05) is 17.0 Å². The molecule has 0 radical (unpaired) electrons. The lowest BCUT2D eigenvalue weighted by molar-refractivity contribution is -0.0780. The molecule has 0 unspecified atom stereocenters. The standard InChI is InChI=1S/C24H29N3O4/c1-29-20-4-2-3-18-6-14-31-24(22(18)20)7-10-26(11-8-24)21-17-19(5-9-25-21)23(28)27-12-15-30-16-13-27/h2-5,9,17H,6-8,10-16H2,1H3. The summed E-state index contributed by atoms with van der Waals surface area (Å²) in [7, 11) is 1.73. The molecule has 0 N–H and O–H groups in total. The number of benzene rings is 1. The van der Waals surface area contributed by atoms with Gasteiger partial charge in [-0.05, 0) is 43.0 Å². The van der Waals surface area contributed by atoms with Crippen molar-refractivity contribution < 1.29 is 19.0 Å². The summed E-state index contributed by atoms with van der Waals surface area (Å²) in [4.78, 5) is 21.6. The molecule has 0 atom stereocenters. The molecule has 2 aromatic rings. The summed E-state index contributed by atoms with van der Waals surface area (Å²) >= 11 is 0. The highest BCUT2D eigenvalue weighted by Crippen LogP contribution is 2.46. The van der Waals surface area contributed by atoms with Gasteiger partial charge < -0.3 is 24.0 Å². The number of methoxy groups -OCH3 is 1. The molecule has 1 spiro atoms. The van der Waals surface area contributed by atoms with Crippen molar-refractivity contribution in [1.29, 1.82) is 0 Å². The lowest BCUT2D eigenvalue weighted by Gasteiger charge is -2.45. The number of fused-ring (bicyclic) bond motifs is 2. The molecule has 5 rings (SSSR count). The van der Waals surface area contributed by atoms with Crippen LogP contribution in [0.2, 0.25) is 0 Å². The maximum absolute atomic E-state index is 12.9. The molecule has 7 heteroatoms. The van der Waals surface area contributed by atoms with Gasteiger partial charge in [0.25, 0.3) is 5.91 Å². The molecule has 7 nitrogen and oxygen atoms in total. The van der Waals surface area contributed by atoms with Gasteiger partial charge in [-0.2, -0.15) is 0 Å². The third kappa shape index (κ3) is 3.77. The minimum absolute atomic E-state index is 0.0507. The van der Waals surface area contributed by atoms with Crippen LogP contribution in [0.15, 0.2) is 36.5 Å². The number of nitrogens with zero attached hydrogens (tertiary/aromatic N) is 3. The molecular weight excluding hydrogens is 394 g/mol. The lowest BCUT2D eigenvalue weighted by atomic mass is 9.78. The van der Waals surface area contributed by atoms with E-state index >= 15 is 0 Å². The van der Waals surface area contributed by atoms with Gasteiger partial charge in [0.1, 0.15) is 17.2 Å². The Balaban J connectivity index is 1.34. The van der Waals surface area contributed by atoms with Crippen LogP contribution in [0.25, 0.3) is 0 Å². The van der Waals surface area contributed by atoms with Crippen molar-refractivity contribution in [3.8, 4) is 5.75 Å². The lowest BCUT2D eigenvalue weighted by Crippen LogP contribution is -2.47. The number of pyridine rings is 1. The summed E-state index contributed by atoms with van der Waals surface area (Å²) < 4.78 is 17.5. The summed E-state index contributed by atoms with van der Waals surface area (Å²) in [6.45, 7) is 4.86. The third-order valence-electron chi connectivity index (χ3n) is 6.72. The average molecular weight is 424 g/mol. The minimum Gasteiger partial charge on any atom is -0.496 e. The van der Waals surface area contributed by atoms with Crippen molar-refractivity contribution in [3.63, 3.8) is 0 Å². The van der Waals surface area contributed by atoms with Crippen LogP contribution in [0.5, 0.6) is 5.75 Å². The fraction of sp³-hybridized carbons (Fsp3) is 0.500. The molecule has 0 bridgehead atoms. The number of hydrogen-bond donors (Lipinski definition) is 0. The first-order valence-corrected chi connectivity index (χ1v) is 11.1. The SMILES string of the molecule is COc1cccc2c1C1(CCN(c3cc(C(=O)N4CCOCC4)ccn3)CC1)OCC2. The molecule has 0 saturated carbocycles. The van der Waals surface area contributed by atoms with Crippen molar-refractivity contribution in [1.82, 2.24) is 9.88 Å². The second-order valence-electron chi connectivity index (χ2n) is 8.38.